The molecule has 0 atom stereocenters. The lowest BCUT2D eigenvalue weighted by atomic mass is 10.1. The monoisotopic (exact) mass is 342 g/mol. The van der Waals surface area contributed by atoms with Gasteiger partial charge in [0.15, 0.2) is 0 Å². The Morgan fingerprint density at radius 1 is 1.25 bits per heavy atom. The molecular formula is C13H9BrF2N2O2. The van der Waals surface area contributed by atoms with E-state index < -0.39 is 17.6 Å². The number of aromatic carboxylic acids is 1. The standard InChI is InChI=1S/C13H9BrF2N2O2/c14-7-2-1-3-8(15)12(7)18-11-4-6(13(19)20)10(17)5-9(11)16/h1-5,18H,17H2,(H,19,20). The van der Waals surface area contributed by atoms with Crippen LogP contribution in [-0.2, 0) is 0 Å². The number of nitrogen functional groups attached to an aromatic ring is 1. The van der Waals surface area contributed by atoms with Crippen LogP contribution in [0.2, 0.25) is 0 Å². The molecule has 2 aromatic carbocycles. The maximum atomic E-state index is 13.8. The maximum Gasteiger partial charge on any atom is 0.337 e. The summed E-state index contributed by atoms with van der Waals surface area (Å²) in [5.41, 5.74) is 4.78. The van der Waals surface area contributed by atoms with Gasteiger partial charge in [-0.15, -0.1) is 0 Å². The number of carboxylic acids is 1. The number of para-hydroxylation sites is 1. The topological polar surface area (TPSA) is 75.3 Å². The highest BCUT2D eigenvalue weighted by atomic mass is 79.9. The van der Waals surface area contributed by atoms with Crippen molar-refractivity contribution >= 4 is 39.0 Å². The van der Waals surface area contributed by atoms with Crippen LogP contribution in [-0.4, -0.2) is 11.1 Å². The number of carbonyl (C=O) groups is 1. The number of benzene rings is 2. The molecule has 0 saturated heterocycles. The molecule has 2 aromatic rings. The van der Waals surface area contributed by atoms with Gasteiger partial charge in [-0.25, -0.2) is 13.6 Å². The van der Waals surface area contributed by atoms with Gasteiger partial charge in [0.2, 0.25) is 0 Å². The molecule has 0 radical (unpaired) electrons. The summed E-state index contributed by atoms with van der Waals surface area (Å²) in [7, 11) is 0. The van der Waals surface area contributed by atoms with E-state index in [0.717, 1.165) is 12.1 Å². The van der Waals surface area contributed by atoms with Crippen molar-refractivity contribution in [2.45, 2.75) is 0 Å². The number of hydrogen-bond donors (Lipinski definition) is 3. The maximum absolute atomic E-state index is 13.8. The van der Waals surface area contributed by atoms with Gasteiger partial charge in [0.05, 0.1) is 16.9 Å². The molecule has 0 aliphatic rings. The molecule has 0 bridgehead atoms. The first-order valence-electron chi connectivity index (χ1n) is 5.43. The van der Waals surface area contributed by atoms with E-state index in [-0.39, 0.29) is 22.6 Å². The predicted molar refractivity (Wildman–Crippen MR) is 75.2 cm³/mol. The third-order valence-electron chi connectivity index (χ3n) is 2.59. The summed E-state index contributed by atoms with van der Waals surface area (Å²) < 4.78 is 27.8. The van der Waals surface area contributed by atoms with Gasteiger partial charge >= 0.3 is 5.97 Å². The molecule has 4 N–H and O–H groups in total. The van der Waals surface area contributed by atoms with Crippen LogP contribution in [0.1, 0.15) is 10.4 Å². The lowest BCUT2D eigenvalue weighted by Crippen LogP contribution is -2.06. The smallest absolute Gasteiger partial charge is 0.337 e. The van der Waals surface area contributed by atoms with Crippen LogP contribution in [0.15, 0.2) is 34.8 Å². The van der Waals surface area contributed by atoms with Crippen molar-refractivity contribution in [1.29, 1.82) is 0 Å². The zero-order chi connectivity index (χ0) is 14.9. The molecule has 0 saturated carbocycles. The van der Waals surface area contributed by atoms with Crippen LogP contribution < -0.4 is 11.1 Å². The van der Waals surface area contributed by atoms with Gasteiger partial charge in [-0.3, -0.25) is 0 Å². The summed E-state index contributed by atoms with van der Waals surface area (Å²) in [5.74, 6) is -2.67. The number of anilines is 3. The molecule has 0 fully saturated rings. The summed E-state index contributed by atoms with van der Waals surface area (Å²) >= 11 is 3.13. The van der Waals surface area contributed by atoms with Crippen LogP contribution in [0.25, 0.3) is 0 Å². The average Bonchev–Trinajstić information content (AvgIpc) is 2.35. The van der Waals surface area contributed by atoms with Gasteiger partial charge in [0.25, 0.3) is 0 Å². The van der Waals surface area contributed by atoms with Gasteiger partial charge in [-0.1, -0.05) is 6.07 Å². The fourth-order valence-electron chi connectivity index (χ4n) is 1.62. The Balaban J connectivity index is 2.49. The highest BCUT2D eigenvalue weighted by Gasteiger charge is 2.15. The Bertz CT molecular complexity index is 672. The van der Waals surface area contributed by atoms with E-state index in [9.17, 15) is 13.6 Å². The summed E-state index contributed by atoms with van der Waals surface area (Å²) in [5, 5.41) is 11.5. The average molecular weight is 343 g/mol. The van der Waals surface area contributed by atoms with Crippen molar-refractivity contribution in [1.82, 2.24) is 0 Å². The summed E-state index contributed by atoms with van der Waals surface area (Å²) in [6.45, 7) is 0. The van der Waals surface area contributed by atoms with Gasteiger partial charge in [0, 0.05) is 10.2 Å². The lowest BCUT2D eigenvalue weighted by Gasteiger charge is -2.12. The molecule has 0 heterocycles. The number of nitrogens with two attached hydrogens (primary N) is 1. The van der Waals surface area contributed by atoms with E-state index in [1.807, 2.05) is 0 Å². The van der Waals surface area contributed by atoms with Crippen molar-refractivity contribution in [2.75, 3.05) is 11.1 Å². The van der Waals surface area contributed by atoms with Gasteiger partial charge < -0.3 is 16.2 Å². The SMILES string of the molecule is Nc1cc(F)c(Nc2c(F)cccc2Br)cc1C(=O)O. The summed E-state index contributed by atoms with van der Waals surface area (Å²) in [6, 6.07) is 6.14. The van der Waals surface area contributed by atoms with E-state index >= 15 is 0 Å². The summed E-state index contributed by atoms with van der Waals surface area (Å²) in [6.07, 6.45) is 0. The van der Waals surface area contributed by atoms with Crippen LogP contribution in [0.3, 0.4) is 0 Å². The fourth-order valence-corrected chi connectivity index (χ4v) is 2.06. The van der Waals surface area contributed by atoms with E-state index in [2.05, 4.69) is 21.2 Å². The Hall–Kier alpha value is -2.15. The highest BCUT2D eigenvalue weighted by Crippen LogP contribution is 2.31. The van der Waals surface area contributed by atoms with Crippen LogP contribution in [0.5, 0.6) is 0 Å². The van der Waals surface area contributed by atoms with Crippen LogP contribution in [0, 0.1) is 11.6 Å². The van der Waals surface area contributed by atoms with E-state index in [1.165, 1.54) is 12.1 Å². The van der Waals surface area contributed by atoms with Crippen molar-refractivity contribution < 1.29 is 18.7 Å². The third kappa shape index (κ3) is 2.72. The Labute approximate surface area is 121 Å². The minimum atomic E-state index is -1.29. The third-order valence-corrected chi connectivity index (χ3v) is 3.25. The van der Waals surface area contributed by atoms with Crippen molar-refractivity contribution in [3.63, 3.8) is 0 Å². The molecule has 7 heteroatoms. The molecule has 0 aliphatic heterocycles. The Morgan fingerprint density at radius 2 is 1.95 bits per heavy atom. The molecule has 0 spiro atoms. The molecule has 0 aliphatic carbocycles. The number of halogens is 3. The van der Waals surface area contributed by atoms with Crippen molar-refractivity contribution in [3.8, 4) is 0 Å². The quantitative estimate of drug-likeness (QED) is 0.742. The molecule has 0 unspecified atom stereocenters. The largest absolute Gasteiger partial charge is 0.478 e. The minimum absolute atomic E-state index is 0.00695. The second-order valence-electron chi connectivity index (χ2n) is 3.95. The number of nitrogens with one attached hydrogen (secondary N) is 1. The zero-order valence-corrected chi connectivity index (χ0v) is 11.5. The number of carboxylic acid groups (broad SMARTS) is 1. The highest BCUT2D eigenvalue weighted by molar-refractivity contribution is 9.10. The first-order chi connectivity index (χ1) is 9.40. The second-order valence-corrected chi connectivity index (χ2v) is 4.80. The van der Waals surface area contributed by atoms with Gasteiger partial charge in [0.1, 0.15) is 11.6 Å². The normalized spacial score (nSPS) is 10.3. The van der Waals surface area contributed by atoms with Crippen LogP contribution >= 0.6 is 15.9 Å². The summed E-state index contributed by atoms with van der Waals surface area (Å²) in [4.78, 5) is 11.0. The van der Waals surface area contributed by atoms with Gasteiger partial charge in [-0.2, -0.15) is 0 Å². The molecule has 104 valence electrons. The zero-order valence-electron chi connectivity index (χ0n) is 9.95. The first kappa shape index (κ1) is 14.3. The van der Waals surface area contributed by atoms with Crippen molar-refractivity contribution in [2.24, 2.45) is 0 Å². The first-order valence-corrected chi connectivity index (χ1v) is 6.23. The fraction of sp³-hybridized carbons (Fsp3) is 0. The molecule has 4 nitrogen and oxygen atoms in total. The van der Waals surface area contributed by atoms with E-state index in [1.54, 1.807) is 6.07 Å². The number of rotatable bonds is 3. The Kier molecular flexibility index (Phi) is 3.89. The van der Waals surface area contributed by atoms with Crippen LogP contribution in [0.4, 0.5) is 25.8 Å². The van der Waals surface area contributed by atoms with Crippen molar-refractivity contribution in [3.05, 3.63) is 52.0 Å². The molecule has 2 rings (SSSR count). The molecular weight excluding hydrogens is 334 g/mol. The van der Waals surface area contributed by atoms with E-state index in [4.69, 9.17) is 10.8 Å². The van der Waals surface area contributed by atoms with E-state index in [0.29, 0.717) is 4.47 Å². The molecule has 0 aromatic heterocycles. The lowest BCUT2D eigenvalue weighted by molar-refractivity contribution is 0.0698. The minimum Gasteiger partial charge on any atom is -0.478 e. The predicted octanol–water partition coefficient (Wildman–Crippen LogP) is 3.75. The second kappa shape index (κ2) is 5.46. The molecule has 0 amide bonds. The molecule has 20 heavy (non-hydrogen) atoms. The Morgan fingerprint density at radius 3 is 2.55 bits per heavy atom. The van der Waals surface area contributed by atoms with Gasteiger partial charge in [-0.05, 0) is 40.2 Å². The number of hydrogen-bond acceptors (Lipinski definition) is 3.